The molecule has 3 rings (SSSR count). The number of aliphatic hydroxyl groups is 3. The van der Waals surface area contributed by atoms with E-state index in [2.05, 4.69) is 0 Å². The molecular formula is C15H14O9. The normalized spacial score (nSPS) is 30.2. The lowest BCUT2D eigenvalue weighted by Gasteiger charge is -2.38. The van der Waals surface area contributed by atoms with Crippen LogP contribution in [0.3, 0.4) is 0 Å². The van der Waals surface area contributed by atoms with Crippen molar-refractivity contribution in [2.45, 2.75) is 30.7 Å². The van der Waals surface area contributed by atoms with Crippen LogP contribution in [0.2, 0.25) is 0 Å². The molecule has 128 valence electrons. The Morgan fingerprint density at radius 3 is 2.50 bits per heavy atom. The van der Waals surface area contributed by atoms with Gasteiger partial charge in [0.2, 0.25) is 12.0 Å². The van der Waals surface area contributed by atoms with Gasteiger partial charge < -0.3 is 34.3 Å². The number of rotatable bonds is 3. The topological polar surface area (TPSA) is 147 Å². The SMILES string of the molecule is O=C(O)[C@H]1OC(Oc2cc3ccccc3oc2=O)[C@H](O)[C@@H](O)[C@@H]1O. The van der Waals surface area contributed by atoms with Crippen LogP contribution >= 0.6 is 0 Å². The van der Waals surface area contributed by atoms with Gasteiger partial charge in [-0.05, 0) is 12.1 Å². The van der Waals surface area contributed by atoms with E-state index in [9.17, 15) is 24.9 Å². The van der Waals surface area contributed by atoms with Gasteiger partial charge in [0.15, 0.2) is 6.10 Å². The Morgan fingerprint density at radius 1 is 1.08 bits per heavy atom. The van der Waals surface area contributed by atoms with Gasteiger partial charge in [0, 0.05) is 5.39 Å². The number of benzene rings is 1. The third kappa shape index (κ3) is 2.85. The highest BCUT2D eigenvalue weighted by molar-refractivity contribution is 5.77. The molecule has 1 fully saturated rings. The second-order valence-electron chi connectivity index (χ2n) is 5.29. The molecule has 5 atom stereocenters. The fourth-order valence-corrected chi connectivity index (χ4v) is 2.40. The fourth-order valence-electron chi connectivity index (χ4n) is 2.40. The molecule has 2 heterocycles. The van der Waals surface area contributed by atoms with Crippen molar-refractivity contribution in [3.8, 4) is 5.75 Å². The number of aliphatic hydroxyl groups excluding tert-OH is 3. The van der Waals surface area contributed by atoms with Gasteiger partial charge in [-0.25, -0.2) is 9.59 Å². The summed E-state index contributed by atoms with van der Waals surface area (Å²) in [5.41, 5.74) is -0.546. The molecule has 4 N–H and O–H groups in total. The molecule has 2 aromatic rings. The van der Waals surface area contributed by atoms with Crippen LogP contribution in [0, 0.1) is 0 Å². The molecule has 1 saturated heterocycles. The van der Waals surface area contributed by atoms with Crippen molar-refractivity contribution in [1.82, 2.24) is 0 Å². The molecule has 1 unspecified atom stereocenters. The lowest BCUT2D eigenvalue weighted by molar-refractivity contribution is -0.271. The molecule has 0 radical (unpaired) electrons. The monoisotopic (exact) mass is 338 g/mol. The maximum Gasteiger partial charge on any atom is 0.379 e. The van der Waals surface area contributed by atoms with Crippen LogP contribution in [0.5, 0.6) is 5.75 Å². The van der Waals surface area contributed by atoms with Crippen molar-refractivity contribution in [1.29, 1.82) is 0 Å². The first-order valence-corrected chi connectivity index (χ1v) is 7.00. The molecule has 9 heteroatoms. The van der Waals surface area contributed by atoms with E-state index >= 15 is 0 Å². The van der Waals surface area contributed by atoms with Gasteiger partial charge in [-0.2, -0.15) is 0 Å². The molecule has 1 aromatic heterocycles. The van der Waals surface area contributed by atoms with Crippen molar-refractivity contribution < 1.29 is 39.1 Å². The molecular weight excluding hydrogens is 324 g/mol. The largest absolute Gasteiger partial charge is 0.479 e. The van der Waals surface area contributed by atoms with E-state index in [-0.39, 0.29) is 5.75 Å². The molecule has 9 nitrogen and oxygen atoms in total. The summed E-state index contributed by atoms with van der Waals surface area (Å²) >= 11 is 0. The van der Waals surface area contributed by atoms with Gasteiger partial charge in [0.1, 0.15) is 23.9 Å². The standard InChI is InChI=1S/C15H14O9/c16-9-10(17)12(13(19)20)24-15(11(9)18)23-8-5-6-3-1-2-4-7(6)22-14(8)21/h1-5,9-12,15-18H,(H,19,20)/t9-,10-,11+,12-,15?/m0/s1. The first-order valence-electron chi connectivity index (χ1n) is 7.00. The number of ether oxygens (including phenoxy) is 2. The minimum Gasteiger partial charge on any atom is -0.479 e. The predicted molar refractivity (Wildman–Crippen MR) is 77.4 cm³/mol. The molecule has 0 amide bonds. The minimum atomic E-state index is -1.84. The first-order chi connectivity index (χ1) is 11.4. The Bertz CT molecular complexity index is 814. The van der Waals surface area contributed by atoms with Crippen LogP contribution in [0.4, 0.5) is 0 Å². The summed E-state index contributed by atoms with van der Waals surface area (Å²) in [6.45, 7) is 0. The van der Waals surface area contributed by atoms with Crippen molar-refractivity contribution >= 4 is 16.9 Å². The Hall–Kier alpha value is -2.46. The molecule has 0 saturated carbocycles. The first kappa shape index (κ1) is 16.4. The summed E-state index contributed by atoms with van der Waals surface area (Å²) in [6, 6.07) is 7.95. The Balaban J connectivity index is 1.90. The molecule has 1 aromatic carbocycles. The van der Waals surface area contributed by atoms with Gasteiger partial charge >= 0.3 is 11.6 Å². The van der Waals surface area contributed by atoms with E-state index in [1.165, 1.54) is 6.07 Å². The molecule has 24 heavy (non-hydrogen) atoms. The number of para-hydroxylation sites is 1. The smallest absolute Gasteiger partial charge is 0.379 e. The van der Waals surface area contributed by atoms with Crippen LogP contribution < -0.4 is 10.4 Å². The van der Waals surface area contributed by atoms with E-state index in [1.807, 2.05) is 0 Å². The summed E-state index contributed by atoms with van der Waals surface area (Å²) in [6.07, 6.45) is -8.92. The van der Waals surface area contributed by atoms with Gasteiger partial charge in [0.25, 0.3) is 0 Å². The number of carbonyl (C=O) groups is 1. The quantitative estimate of drug-likeness (QED) is 0.521. The zero-order valence-electron chi connectivity index (χ0n) is 12.1. The fraction of sp³-hybridized carbons (Fsp3) is 0.333. The van der Waals surface area contributed by atoms with Gasteiger partial charge in [-0.3, -0.25) is 0 Å². The van der Waals surface area contributed by atoms with Crippen molar-refractivity contribution in [2.75, 3.05) is 0 Å². The molecule has 1 aliphatic rings. The average molecular weight is 338 g/mol. The number of carboxylic acids is 1. The Labute approximate surface area is 134 Å². The van der Waals surface area contributed by atoms with Gasteiger partial charge in [-0.15, -0.1) is 0 Å². The Kier molecular flexibility index (Phi) is 4.24. The number of aliphatic carboxylic acids is 1. The van der Waals surface area contributed by atoms with Crippen LogP contribution in [0.25, 0.3) is 11.0 Å². The number of fused-ring (bicyclic) bond motifs is 1. The summed E-state index contributed by atoms with van der Waals surface area (Å²) in [5, 5.41) is 38.7. The van der Waals surface area contributed by atoms with Crippen LogP contribution in [-0.4, -0.2) is 57.1 Å². The number of carboxylic acid groups (broad SMARTS) is 1. The van der Waals surface area contributed by atoms with Crippen LogP contribution in [-0.2, 0) is 9.53 Å². The highest BCUT2D eigenvalue weighted by atomic mass is 16.7. The minimum absolute atomic E-state index is 0.318. The predicted octanol–water partition coefficient (Wildman–Crippen LogP) is -0.936. The highest BCUT2D eigenvalue weighted by Crippen LogP contribution is 2.24. The van der Waals surface area contributed by atoms with Crippen molar-refractivity contribution in [3.63, 3.8) is 0 Å². The second-order valence-corrected chi connectivity index (χ2v) is 5.29. The summed E-state index contributed by atoms with van der Waals surface area (Å²) in [4.78, 5) is 23.0. The van der Waals surface area contributed by atoms with E-state index < -0.39 is 42.3 Å². The number of hydrogen-bond donors (Lipinski definition) is 4. The second kappa shape index (κ2) is 6.21. The third-order valence-corrected chi connectivity index (χ3v) is 3.67. The van der Waals surface area contributed by atoms with Gasteiger partial charge in [0.05, 0.1) is 0 Å². The summed E-state index contributed by atoms with van der Waals surface area (Å²) < 4.78 is 15.2. The van der Waals surface area contributed by atoms with E-state index in [1.54, 1.807) is 24.3 Å². The molecule has 0 bridgehead atoms. The highest BCUT2D eigenvalue weighted by Gasteiger charge is 2.48. The Morgan fingerprint density at radius 2 is 1.79 bits per heavy atom. The van der Waals surface area contributed by atoms with Crippen LogP contribution in [0.1, 0.15) is 0 Å². The lowest BCUT2D eigenvalue weighted by atomic mass is 9.99. The molecule has 1 aliphatic heterocycles. The zero-order chi connectivity index (χ0) is 17.4. The maximum absolute atomic E-state index is 11.9. The van der Waals surface area contributed by atoms with E-state index in [0.717, 1.165) is 0 Å². The van der Waals surface area contributed by atoms with E-state index in [0.29, 0.717) is 11.0 Å². The van der Waals surface area contributed by atoms with Gasteiger partial charge in [-0.1, -0.05) is 18.2 Å². The summed E-state index contributed by atoms with van der Waals surface area (Å²) in [7, 11) is 0. The zero-order valence-corrected chi connectivity index (χ0v) is 12.1. The third-order valence-electron chi connectivity index (χ3n) is 3.67. The van der Waals surface area contributed by atoms with E-state index in [4.69, 9.17) is 19.0 Å². The maximum atomic E-state index is 11.9. The molecule has 0 spiro atoms. The lowest BCUT2D eigenvalue weighted by Crippen LogP contribution is -2.61. The van der Waals surface area contributed by atoms with Crippen molar-refractivity contribution in [2.24, 2.45) is 0 Å². The molecule has 0 aliphatic carbocycles. The number of hydrogen-bond acceptors (Lipinski definition) is 8. The average Bonchev–Trinajstić information content (AvgIpc) is 2.55. The van der Waals surface area contributed by atoms with Crippen LogP contribution in [0.15, 0.2) is 39.5 Å². The summed E-state index contributed by atoms with van der Waals surface area (Å²) in [5.74, 6) is -1.88. The van der Waals surface area contributed by atoms with Crippen molar-refractivity contribution in [3.05, 3.63) is 40.8 Å².